The molecule has 0 bridgehead atoms. The number of hydrogen-bond acceptors (Lipinski definition) is 3. The summed E-state index contributed by atoms with van der Waals surface area (Å²) in [5.74, 6) is -0.107. The molecule has 2 rings (SSSR count). The molecule has 0 saturated carbocycles. The second kappa shape index (κ2) is 10.8. The minimum atomic E-state index is -0.107. The molecule has 0 fully saturated rings. The van der Waals surface area contributed by atoms with Crippen LogP contribution in [0, 0.1) is 0 Å². The lowest BCUT2D eigenvalue weighted by molar-refractivity contribution is -0.145. The lowest BCUT2D eigenvalue weighted by atomic mass is 9.99. The van der Waals surface area contributed by atoms with Crippen molar-refractivity contribution >= 4 is 5.97 Å². The van der Waals surface area contributed by atoms with Gasteiger partial charge in [0.25, 0.3) is 0 Å². The quantitative estimate of drug-likeness (QED) is 0.538. The lowest BCUT2D eigenvalue weighted by Crippen LogP contribution is -2.38. The molecule has 0 aliphatic carbocycles. The molecule has 0 N–H and O–H groups in total. The zero-order valence-electron chi connectivity index (χ0n) is 16.2. The molecule has 0 aromatic heterocycles. The Morgan fingerprint density at radius 3 is 2.19 bits per heavy atom. The van der Waals surface area contributed by atoms with Gasteiger partial charge in [0, 0.05) is 18.6 Å². The highest BCUT2D eigenvalue weighted by molar-refractivity contribution is 5.70. The molecule has 0 aliphatic heterocycles. The maximum absolute atomic E-state index is 12.2. The van der Waals surface area contributed by atoms with Crippen LogP contribution in [0.25, 0.3) is 0 Å². The summed E-state index contributed by atoms with van der Waals surface area (Å²) in [7, 11) is 0. The molecule has 0 radical (unpaired) electrons. The fraction of sp³-hybridized carbons (Fsp3) is 0.435. The molecule has 0 spiro atoms. The first kappa shape index (κ1) is 20.2. The molecule has 0 saturated heterocycles. The SMILES string of the molecule is CCC[C@@H](CC(=O)OCC)N(Cc1ccccc1)[C@@H](C)c1ccccc1. The molecule has 140 valence electrons. The van der Waals surface area contributed by atoms with Crippen LogP contribution >= 0.6 is 0 Å². The Morgan fingerprint density at radius 1 is 1.00 bits per heavy atom. The topological polar surface area (TPSA) is 29.5 Å². The van der Waals surface area contributed by atoms with Crippen LogP contribution in [0.3, 0.4) is 0 Å². The van der Waals surface area contributed by atoms with E-state index in [1.165, 1.54) is 11.1 Å². The van der Waals surface area contributed by atoms with E-state index in [2.05, 4.69) is 67.3 Å². The van der Waals surface area contributed by atoms with E-state index in [0.29, 0.717) is 13.0 Å². The van der Waals surface area contributed by atoms with E-state index in [9.17, 15) is 4.79 Å². The Balaban J connectivity index is 2.28. The zero-order chi connectivity index (χ0) is 18.8. The summed E-state index contributed by atoms with van der Waals surface area (Å²) in [6.45, 7) is 7.52. The molecule has 2 aromatic carbocycles. The van der Waals surface area contributed by atoms with Gasteiger partial charge in [-0.15, -0.1) is 0 Å². The number of hydrogen-bond donors (Lipinski definition) is 0. The van der Waals surface area contributed by atoms with E-state index in [1.54, 1.807) is 0 Å². The van der Waals surface area contributed by atoms with Crippen molar-refractivity contribution in [2.45, 2.75) is 58.7 Å². The summed E-state index contributed by atoms with van der Waals surface area (Å²) >= 11 is 0. The zero-order valence-corrected chi connectivity index (χ0v) is 16.2. The number of nitrogens with zero attached hydrogens (tertiary/aromatic N) is 1. The summed E-state index contributed by atoms with van der Waals surface area (Å²) in [5, 5.41) is 0. The molecule has 0 amide bonds. The summed E-state index contributed by atoms with van der Waals surface area (Å²) in [6.07, 6.45) is 2.45. The number of carbonyl (C=O) groups excluding carboxylic acids is 1. The normalized spacial score (nSPS) is 13.4. The van der Waals surface area contributed by atoms with Gasteiger partial charge in [-0.25, -0.2) is 0 Å². The molecule has 0 aliphatic rings. The maximum atomic E-state index is 12.2. The predicted octanol–water partition coefficient (Wildman–Crippen LogP) is 5.37. The fourth-order valence-corrected chi connectivity index (χ4v) is 3.43. The van der Waals surface area contributed by atoms with Crippen LogP contribution in [-0.2, 0) is 16.1 Å². The van der Waals surface area contributed by atoms with E-state index in [0.717, 1.165) is 19.4 Å². The van der Waals surface area contributed by atoms with Crippen LogP contribution in [0.1, 0.15) is 57.2 Å². The molecular formula is C23H31NO2. The smallest absolute Gasteiger partial charge is 0.307 e. The van der Waals surface area contributed by atoms with Crippen molar-refractivity contribution in [1.82, 2.24) is 4.90 Å². The van der Waals surface area contributed by atoms with Gasteiger partial charge in [0.05, 0.1) is 13.0 Å². The first-order chi connectivity index (χ1) is 12.7. The molecule has 3 nitrogen and oxygen atoms in total. The molecule has 2 atom stereocenters. The molecule has 26 heavy (non-hydrogen) atoms. The molecule has 2 aromatic rings. The average molecular weight is 354 g/mol. The maximum Gasteiger partial charge on any atom is 0.307 e. The molecular weight excluding hydrogens is 322 g/mol. The number of esters is 1. The summed E-state index contributed by atoms with van der Waals surface area (Å²) in [6, 6.07) is 21.4. The van der Waals surface area contributed by atoms with Crippen LogP contribution in [0.2, 0.25) is 0 Å². The number of carbonyl (C=O) groups is 1. The van der Waals surface area contributed by atoms with Crippen molar-refractivity contribution in [3.63, 3.8) is 0 Å². The van der Waals surface area contributed by atoms with Gasteiger partial charge in [-0.2, -0.15) is 0 Å². The molecule has 0 heterocycles. The lowest BCUT2D eigenvalue weighted by Gasteiger charge is -2.36. The molecule has 0 unspecified atom stereocenters. The first-order valence-electron chi connectivity index (χ1n) is 9.65. The number of ether oxygens (including phenoxy) is 1. The van der Waals surface area contributed by atoms with E-state index < -0.39 is 0 Å². The minimum absolute atomic E-state index is 0.107. The van der Waals surface area contributed by atoms with Crippen molar-refractivity contribution in [2.75, 3.05) is 6.61 Å². The van der Waals surface area contributed by atoms with Gasteiger partial charge in [-0.3, -0.25) is 9.69 Å². The van der Waals surface area contributed by atoms with Crippen molar-refractivity contribution in [1.29, 1.82) is 0 Å². The average Bonchev–Trinajstić information content (AvgIpc) is 2.67. The van der Waals surface area contributed by atoms with Gasteiger partial charge in [0.1, 0.15) is 0 Å². The first-order valence-corrected chi connectivity index (χ1v) is 9.65. The van der Waals surface area contributed by atoms with Crippen molar-refractivity contribution in [2.24, 2.45) is 0 Å². The van der Waals surface area contributed by atoms with Crippen LogP contribution in [0.5, 0.6) is 0 Å². The third-order valence-corrected chi connectivity index (χ3v) is 4.79. The van der Waals surface area contributed by atoms with Crippen molar-refractivity contribution in [3.05, 3.63) is 71.8 Å². The highest BCUT2D eigenvalue weighted by Gasteiger charge is 2.26. The van der Waals surface area contributed by atoms with E-state index in [4.69, 9.17) is 4.74 Å². The number of benzene rings is 2. The Labute approximate surface area is 158 Å². The van der Waals surface area contributed by atoms with Crippen LogP contribution < -0.4 is 0 Å². The largest absolute Gasteiger partial charge is 0.466 e. The third-order valence-electron chi connectivity index (χ3n) is 4.79. The second-order valence-electron chi connectivity index (χ2n) is 6.70. The highest BCUT2D eigenvalue weighted by Crippen LogP contribution is 2.28. The fourth-order valence-electron chi connectivity index (χ4n) is 3.43. The van der Waals surface area contributed by atoms with Gasteiger partial charge >= 0.3 is 5.97 Å². The summed E-state index contributed by atoms with van der Waals surface area (Å²) < 4.78 is 5.24. The van der Waals surface area contributed by atoms with Gasteiger partial charge in [-0.05, 0) is 31.4 Å². The third kappa shape index (κ3) is 5.99. The van der Waals surface area contributed by atoms with Crippen LogP contribution in [0.4, 0.5) is 0 Å². The van der Waals surface area contributed by atoms with E-state index >= 15 is 0 Å². The minimum Gasteiger partial charge on any atom is -0.466 e. The number of rotatable bonds is 10. The van der Waals surface area contributed by atoms with Gasteiger partial charge in [0.2, 0.25) is 0 Å². The van der Waals surface area contributed by atoms with Crippen molar-refractivity contribution < 1.29 is 9.53 Å². The summed E-state index contributed by atoms with van der Waals surface area (Å²) in [4.78, 5) is 14.6. The Bertz CT molecular complexity index is 642. The van der Waals surface area contributed by atoms with Crippen LogP contribution in [0.15, 0.2) is 60.7 Å². The van der Waals surface area contributed by atoms with E-state index in [1.807, 2.05) is 19.1 Å². The second-order valence-corrected chi connectivity index (χ2v) is 6.70. The van der Waals surface area contributed by atoms with Crippen molar-refractivity contribution in [3.8, 4) is 0 Å². The standard InChI is InChI=1S/C23H31NO2/c1-4-12-22(17-23(25)26-5-2)24(18-20-13-8-6-9-14-20)19(3)21-15-10-7-11-16-21/h6-11,13-16,19,22H,4-5,12,17-18H2,1-3H3/t19-,22-/m0/s1. The molecule has 3 heteroatoms. The predicted molar refractivity (Wildman–Crippen MR) is 107 cm³/mol. The van der Waals surface area contributed by atoms with E-state index in [-0.39, 0.29) is 18.1 Å². The Hall–Kier alpha value is -2.13. The van der Waals surface area contributed by atoms with Gasteiger partial charge in [0.15, 0.2) is 0 Å². The monoisotopic (exact) mass is 353 g/mol. The highest BCUT2D eigenvalue weighted by atomic mass is 16.5. The Kier molecular flexibility index (Phi) is 8.36. The van der Waals surface area contributed by atoms with Gasteiger partial charge < -0.3 is 4.74 Å². The van der Waals surface area contributed by atoms with Crippen LogP contribution in [-0.4, -0.2) is 23.5 Å². The van der Waals surface area contributed by atoms with Gasteiger partial charge in [-0.1, -0.05) is 74.0 Å². The summed E-state index contributed by atoms with van der Waals surface area (Å²) in [5.41, 5.74) is 2.54. The Morgan fingerprint density at radius 2 is 1.62 bits per heavy atom.